The molecule has 0 aliphatic rings. The molecular weight excluding hydrogens is 264 g/mol. The van der Waals surface area contributed by atoms with Crippen molar-refractivity contribution in [2.24, 2.45) is 0 Å². The van der Waals surface area contributed by atoms with Crippen LogP contribution >= 0.6 is 0 Å². The molecule has 0 saturated heterocycles. The second-order valence-corrected chi connectivity index (χ2v) is 4.90. The van der Waals surface area contributed by atoms with E-state index >= 15 is 0 Å². The van der Waals surface area contributed by atoms with Crippen LogP contribution in [-0.2, 0) is 4.74 Å². The molecule has 0 heterocycles. The highest BCUT2D eigenvalue weighted by atomic mass is 19.3. The third-order valence-electron chi connectivity index (χ3n) is 2.81. The fraction of sp³-hybridized carbons (Fsp3) is 0.600. The monoisotopic (exact) mass is 287 g/mol. The summed E-state index contributed by atoms with van der Waals surface area (Å²) in [4.78, 5) is 0. The van der Waals surface area contributed by atoms with Crippen molar-refractivity contribution in [3.05, 3.63) is 29.8 Å². The maximum Gasteiger partial charge on any atom is 0.387 e. The van der Waals surface area contributed by atoms with E-state index in [9.17, 15) is 8.78 Å². The minimum Gasteiger partial charge on any atom is -0.435 e. The van der Waals surface area contributed by atoms with Gasteiger partial charge in [0.05, 0.1) is 6.10 Å². The van der Waals surface area contributed by atoms with Gasteiger partial charge in [0.2, 0.25) is 0 Å². The highest BCUT2D eigenvalue weighted by molar-refractivity contribution is 5.30. The Bertz CT molecular complexity index is 386. The molecule has 20 heavy (non-hydrogen) atoms. The van der Waals surface area contributed by atoms with Crippen LogP contribution in [0, 0.1) is 0 Å². The van der Waals surface area contributed by atoms with Crippen LogP contribution in [0.1, 0.15) is 38.8 Å². The Kier molecular flexibility index (Phi) is 7.47. The van der Waals surface area contributed by atoms with Gasteiger partial charge in [-0.05, 0) is 51.4 Å². The third-order valence-corrected chi connectivity index (χ3v) is 2.81. The van der Waals surface area contributed by atoms with Gasteiger partial charge in [0.15, 0.2) is 0 Å². The van der Waals surface area contributed by atoms with Crippen molar-refractivity contribution in [2.45, 2.75) is 45.9 Å². The normalized spacial score (nSPS) is 12.9. The van der Waals surface area contributed by atoms with Crippen molar-refractivity contribution < 1.29 is 18.3 Å². The molecule has 1 N–H and O–H groups in total. The SMILES string of the molecule is CC(C)OCCCNC(C)c1cccc(OC(F)F)c1. The molecule has 1 rings (SSSR count). The number of nitrogens with one attached hydrogen (secondary N) is 1. The van der Waals surface area contributed by atoms with Crippen LogP contribution in [0.3, 0.4) is 0 Å². The molecule has 0 bridgehead atoms. The lowest BCUT2D eigenvalue weighted by Gasteiger charge is -2.16. The fourth-order valence-corrected chi connectivity index (χ4v) is 1.79. The van der Waals surface area contributed by atoms with Crippen molar-refractivity contribution in [3.63, 3.8) is 0 Å². The Morgan fingerprint density at radius 2 is 1.95 bits per heavy atom. The molecule has 0 spiro atoms. The molecule has 1 aromatic carbocycles. The second kappa shape index (κ2) is 8.87. The van der Waals surface area contributed by atoms with Crippen LogP contribution in [0.15, 0.2) is 24.3 Å². The highest BCUT2D eigenvalue weighted by Crippen LogP contribution is 2.20. The Morgan fingerprint density at radius 3 is 2.60 bits per heavy atom. The van der Waals surface area contributed by atoms with Gasteiger partial charge in [-0.2, -0.15) is 8.78 Å². The van der Waals surface area contributed by atoms with E-state index in [0.717, 1.165) is 18.5 Å². The molecule has 114 valence electrons. The first-order chi connectivity index (χ1) is 9.49. The van der Waals surface area contributed by atoms with Gasteiger partial charge in [-0.15, -0.1) is 0 Å². The first-order valence-electron chi connectivity index (χ1n) is 6.88. The predicted molar refractivity (Wildman–Crippen MR) is 75.2 cm³/mol. The van der Waals surface area contributed by atoms with Gasteiger partial charge in [-0.25, -0.2) is 0 Å². The largest absolute Gasteiger partial charge is 0.435 e. The summed E-state index contributed by atoms with van der Waals surface area (Å²) in [6.07, 6.45) is 1.16. The molecule has 1 atom stereocenters. The van der Waals surface area contributed by atoms with E-state index in [4.69, 9.17) is 4.74 Å². The summed E-state index contributed by atoms with van der Waals surface area (Å²) < 4.78 is 34.2. The van der Waals surface area contributed by atoms with E-state index in [0.29, 0.717) is 6.61 Å². The number of benzene rings is 1. The average Bonchev–Trinajstić information content (AvgIpc) is 2.37. The van der Waals surface area contributed by atoms with Crippen LogP contribution in [0.4, 0.5) is 8.78 Å². The summed E-state index contributed by atoms with van der Waals surface area (Å²) in [5, 5.41) is 3.33. The molecule has 1 aromatic rings. The molecule has 0 aliphatic carbocycles. The van der Waals surface area contributed by atoms with Crippen LogP contribution in [-0.4, -0.2) is 25.9 Å². The van der Waals surface area contributed by atoms with Crippen molar-refractivity contribution in [1.29, 1.82) is 0 Å². The summed E-state index contributed by atoms with van der Waals surface area (Å²) in [5.41, 5.74) is 0.924. The first kappa shape index (κ1) is 16.9. The lowest BCUT2D eigenvalue weighted by molar-refractivity contribution is -0.0499. The zero-order chi connectivity index (χ0) is 15.0. The standard InChI is InChI=1S/C15H23F2NO2/c1-11(2)19-9-5-8-18-12(3)13-6-4-7-14(10-13)20-15(16)17/h4,6-7,10-12,15,18H,5,8-9H2,1-3H3. The Morgan fingerprint density at radius 1 is 1.20 bits per heavy atom. The van der Waals surface area contributed by atoms with Gasteiger partial charge < -0.3 is 14.8 Å². The molecule has 0 amide bonds. The molecule has 0 saturated carbocycles. The average molecular weight is 287 g/mol. The number of alkyl halides is 2. The van der Waals surface area contributed by atoms with Crippen LogP contribution in [0.2, 0.25) is 0 Å². The molecule has 3 nitrogen and oxygen atoms in total. The Hall–Kier alpha value is -1.20. The zero-order valence-electron chi connectivity index (χ0n) is 12.2. The maximum absolute atomic E-state index is 12.2. The Balaban J connectivity index is 2.37. The summed E-state index contributed by atoms with van der Waals surface area (Å²) in [6.45, 7) is 4.74. The summed E-state index contributed by atoms with van der Waals surface area (Å²) >= 11 is 0. The minimum absolute atomic E-state index is 0.0790. The predicted octanol–water partition coefficient (Wildman–Crippen LogP) is 3.75. The zero-order valence-corrected chi connectivity index (χ0v) is 12.2. The lowest BCUT2D eigenvalue weighted by atomic mass is 10.1. The van der Waals surface area contributed by atoms with Gasteiger partial charge in [-0.1, -0.05) is 12.1 Å². The maximum atomic E-state index is 12.2. The molecular formula is C15H23F2NO2. The summed E-state index contributed by atoms with van der Waals surface area (Å²) in [7, 11) is 0. The number of rotatable bonds is 9. The van der Waals surface area contributed by atoms with Crippen molar-refractivity contribution in [1.82, 2.24) is 5.32 Å². The van der Waals surface area contributed by atoms with E-state index in [-0.39, 0.29) is 17.9 Å². The second-order valence-electron chi connectivity index (χ2n) is 4.90. The third kappa shape index (κ3) is 6.82. The van der Waals surface area contributed by atoms with Gasteiger partial charge in [-0.3, -0.25) is 0 Å². The van der Waals surface area contributed by atoms with Crippen LogP contribution in [0.5, 0.6) is 5.75 Å². The van der Waals surface area contributed by atoms with E-state index in [2.05, 4.69) is 10.1 Å². The molecule has 0 radical (unpaired) electrons. The van der Waals surface area contributed by atoms with Gasteiger partial charge in [0, 0.05) is 12.6 Å². The molecule has 0 aliphatic heterocycles. The number of hydrogen-bond acceptors (Lipinski definition) is 3. The van der Waals surface area contributed by atoms with Crippen molar-refractivity contribution in [2.75, 3.05) is 13.2 Å². The highest BCUT2D eigenvalue weighted by Gasteiger charge is 2.08. The van der Waals surface area contributed by atoms with Gasteiger partial charge in [0.1, 0.15) is 5.75 Å². The molecule has 1 unspecified atom stereocenters. The first-order valence-corrected chi connectivity index (χ1v) is 6.88. The minimum atomic E-state index is -2.79. The van der Waals surface area contributed by atoms with Crippen molar-refractivity contribution >= 4 is 0 Å². The summed E-state index contributed by atoms with van der Waals surface area (Å²) in [5.74, 6) is 0.189. The summed E-state index contributed by atoms with van der Waals surface area (Å²) in [6, 6.07) is 6.84. The van der Waals surface area contributed by atoms with Gasteiger partial charge >= 0.3 is 6.61 Å². The number of halogens is 2. The quantitative estimate of drug-likeness (QED) is 0.702. The van der Waals surface area contributed by atoms with E-state index in [1.54, 1.807) is 12.1 Å². The Labute approximate surface area is 119 Å². The van der Waals surface area contributed by atoms with Crippen LogP contribution < -0.4 is 10.1 Å². The molecule has 0 fully saturated rings. The lowest BCUT2D eigenvalue weighted by Crippen LogP contribution is -2.21. The van der Waals surface area contributed by atoms with Crippen molar-refractivity contribution in [3.8, 4) is 5.75 Å². The molecule has 5 heteroatoms. The number of ether oxygens (including phenoxy) is 2. The topological polar surface area (TPSA) is 30.5 Å². The molecule has 0 aromatic heterocycles. The fourth-order valence-electron chi connectivity index (χ4n) is 1.79. The van der Waals surface area contributed by atoms with Gasteiger partial charge in [0.25, 0.3) is 0 Å². The van der Waals surface area contributed by atoms with Crippen LogP contribution in [0.25, 0.3) is 0 Å². The smallest absolute Gasteiger partial charge is 0.387 e. The number of hydrogen-bond donors (Lipinski definition) is 1. The van der Waals surface area contributed by atoms with E-state index in [1.807, 2.05) is 26.8 Å². The van der Waals surface area contributed by atoms with E-state index in [1.165, 1.54) is 6.07 Å². The van der Waals surface area contributed by atoms with E-state index < -0.39 is 6.61 Å².